The Bertz CT molecular complexity index is 574. The number of carbonyl (C=O) groups excluding carboxylic acids is 2. The van der Waals surface area contributed by atoms with E-state index in [1.165, 1.54) is 37.7 Å². The number of rotatable bonds is 5. The Kier molecular flexibility index (Phi) is 5.63. The van der Waals surface area contributed by atoms with Gasteiger partial charge in [0, 0.05) is 38.6 Å². The number of hydrogen-bond donors (Lipinski definition) is 1. The van der Waals surface area contributed by atoms with Gasteiger partial charge in [0.05, 0.1) is 6.54 Å². The number of nitrogens with one attached hydrogen (secondary N) is 1. The van der Waals surface area contributed by atoms with Crippen molar-refractivity contribution in [2.24, 2.45) is 11.8 Å². The van der Waals surface area contributed by atoms with Gasteiger partial charge in [-0.15, -0.1) is 0 Å². The van der Waals surface area contributed by atoms with Crippen molar-refractivity contribution in [1.82, 2.24) is 15.1 Å². The molecule has 3 atom stereocenters. The molecular formula is C21H33N3O2. The molecule has 0 aromatic carbocycles. The molecule has 3 fully saturated rings. The van der Waals surface area contributed by atoms with Gasteiger partial charge in [0.15, 0.2) is 0 Å². The molecule has 144 valence electrons. The summed E-state index contributed by atoms with van der Waals surface area (Å²) < 4.78 is 0. The van der Waals surface area contributed by atoms with E-state index in [1.807, 2.05) is 0 Å². The molecular weight excluding hydrogens is 326 g/mol. The second kappa shape index (κ2) is 8.12. The Labute approximate surface area is 157 Å². The smallest absolute Gasteiger partial charge is 0.234 e. The van der Waals surface area contributed by atoms with Crippen LogP contribution in [-0.4, -0.2) is 60.4 Å². The Morgan fingerprint density at radius 1 is 1.15 bits per heavy atom. The van der Waals surface area contributed by atoms with Crippen molar-refractivity contribution in [3.63, 3.8) is 0 Å². The molecule has 26 heavy (non-hydrogen) atoms. The van der Waals surface area contributed by atoms with Crippen LogP contribution in [0.3, 0.4) is 0 Å². The summed E-state index contributed by atoms with van der Waals surface area (Å²) in [5.41, 5.74) is 1.52. The fourth-order valence-electron chi connectivity index (χ4n) is 5.59. The number of likely N-dealkylation sites (tertiary alicyclic amines) is 1. The van der Waals surface area contributed by atoms with Crippen LogP contribution in [0.5, 0.6) is 0 Å². The molecule has 5 heteroatoms. The molecule has 4 aliphatic rings. The van der Waals surface area contributed by atoms with Crippen LogP contribution in [-0.2, 0) is 9.59 Å². The van der Waals surface area contributed by atoms with Crippen molar-refractivity contribution in [3.8, 4) is 0 Å². The van der Waals surface area contributed by atoms with E-state index in [2.05, 4.69) is 21.2 Å². The van der Waals surface area contributed by atoms with Crippen LogP contribution in [0.2, 0.25) is 0 Å². The average Bonchev–Trinajstić information content (AvgIpc) is 2.63. The quantitative estimate of drug-likeness (QED) is 0.767. The van der Waals surface area contributed by atoms with E-state index in [1.54, 1.807) is 0 Å². The van der Waals surface area contributed by atoms with Crippen LogP contribution in [0, 0.1) is 11.8 Å². The molecule has 0 aromatic rings. The maximum absolute atomic E-state index is 12.4. The highest BCUT2D eigenvalue weighted by Crippen LogP contribution is 2.37. The second-order valence-corrected chi connectivity index (χ2v) is 8.77. The molecule has 5 nitrogen and oxygen atoms in total. The van der Waals surface area contributed by atoms with Crippen LogP contribution < -0.4 is 5.32 Å². The zero-order chi connectivity index (χ0) is 17.9. The number of amides is 2. The highest BCUT2D eigenvalue weighted by atomic mass is 16.2. The molecule has 1 aliphatic carbocycles. The minimum absolute atomic E-state index is 0.165. The maximum atomic E-state index is 12.4. The van der Waals surface area contributed by atoms with Crippen molar-refractivity contribution in [2.45, 2.75) is 63.8 Å². The summed E-state index contributed by atoms with van der Waals surface area (Å²) in [5, 5.41) is 3.12. The maximum Gasteiger partial charge on any atom is 0.234 e. The molecule has 3 saturated heterocycles. The fraction of sp³-hybridized carbons (Fsp3) is 0.810. The standard InChI is InChI=1S/C21H33N3O2/c25-20(22-10-9-16-5-2-1-3-6-16)15-23-12-17-11-18(14-23)19-7-4-8-21(26)24(19)13-17/h5,17-19H,1-4,6-15H2,(H,22,25)/t17?,18?,19-/m1/s1. The number of piperidine rings is 3. The minimum Gasteiger partial charge on any atom is -0.355 e. The number of hydrogen-bond acceptors (Lipinski definition) is 3. The monoisotopic (exact) mass is 359 g/mol. The summed E-state index contributed by atoms with van der Waals surface area (Å²) in [4.78, 5) is 29.1. The molecule has 4 rings (SSSR count). The zero-order valence-corrected chi connectivity index (χ0v) is 15.9. The molecule has 0 aromatic heterocycles. The molecule has 0 radical (unpaired) electrons. The lowest BCUT2D eigenvalue weighted by molar-refractivity contribution is -0.145. The van der Waals surface area contributed by atoms with Gasteiger partial charge in [-0.2, -0.15) is 0 Å². The molecule has 1 N–H and O–H groups in total. The van der Waals surface area contributed by atoms with E-state index < -0.39 is 0 Å². The van der Waals surface area contributed by atoms with Gasteiger partial charge in [-0.25, -0.2) is 0 Å². The first-order chi connectivity index (χ1) is 12.7. The van der Waals surface area contributed by atoms with E-state index in [9.17, 15) is 9.59 Å². The van der Waals surface area contributed by atoms with Crippen molar-refractivity contribution in [1.29, 1.82) is 0 Å². The van der Waals surface area contributed by atoms with Crippen molar-refractivity contribution < 1.29 is 9.59 Å². The van der Waals surface area contributed by atoms with Crippen molar-refractivity contribution in [2.75, 3.05) is 32.7 Å². The van der Waals surface area contributed by atoms with Crippen LogP contribution in [0.4, 0.5) is 0 Å². The van der Waals surface area contributed by atoms with Crippen LogP contribution >= 0.6 is 0 Å². The van der Waals surface area contributed by atoms with E-state index in [0.29, 0.717) is 30.3 Å². The highest BCUT2D eigenvalue weighted by molar-refractivity contribution is 5.78. The average molecular weight is 360 g/mol. The van der Waals surface area contributed by atoms with Crippen LogP contribution in [0.25, 0.3) is 0 Å². The number of allylic oxidation sites excluding steroid dienone is 1. The minimum atomic E-state index is 0.165. The largest absolute Gasteiger partial charge is 0.355 e. The van der Waals surface area contributed by atoms with Gasteiger partial charge in [-0.3, -0.25) is 14.5 Å². The summed E-state index contributed by atoms with van der Waals surface area (Å²) in [5.74, 6) is 1.64. The van der Waals surface area contributed by atoms with Crippen LogP contribution in [0.15, 0.2) is 11.6 Å². The van der Waals surface area contributed by atoms with E-state index in [0.717, 1.165) is 51.9 Å². The fourth-order valence-corrected chi connectivity index (χ4v) is 5.59. The lowest BCUT2D eigenvalue weighted by Gasteiger charge is -2.52. The lowest BCUT2D eigenvalue weighted by atomic mass is 9.76. The third-order valence-electron chi connectivity index (χ3n) is 6.78. The normalized spacial score (nSPS) is 32.0. The van der Waals surface area contributed by atoms with Gasteiger partial charge < -0.3 is 10.2 Å². The van der Waals surface area contributed by atoms with E-state index >= 15 is 0 Å². The van der Waals surface area contributed by atoms with E-state index in [-0.39, 0.29) is 5.91 Å². The van der Waals surface area contributed by atoms with Gasteiger partial charge in [0.25, 0.3) is 0 Å². The molecule has 3 aliphatic heterocycles. The highest BCUT2D eigenvalue weighted by Gasteiger charge is 2.43. The van der Waals surface area contributed by atoms with Crippen molar-refractivity contribution in [3.05, 3.63) is 11.6 Å². The first-order valence-electron chi connectivity index (χ1n) is 10.7. The predicted octanol–water partition coefficient (Wildman–Crippen LogP) is 2.33. The van der Waals surface area contributed by atoms with Gasteiger partial charge in [0.2, 0.25) is 11.8 Å². The molecule has 0 spiro atoms. The molecule has 2 unspecified atom stereocenters. The Balaban J connectivity index is 1.24. The van der Waals surface area contributed by atoms with Crippen LogP contribution in [0.1, 0.15) is 57.8 Å². The first kappa shape index (κ1) is 18.0. The Morgan fingerprint density at radius 3 is 2.92 bits per heavy atom. The topological polar surface area (TPSA) is 52.7 Å². The predicted molar refractivity (Wildman–Crippen MR) is 102 cm³/mol. The SMILES string of the molecule is O=C(CN1CC2CC(C1)[C@H]1CCCC(=O)N1C2)NCCC1=CCCCC1. The molecule has 2 amide bonds. The van der Waals surface area contributed by atoms with Gasteiger partial charge in [-0.05, 0) is 63.2 Å². The third-order valence-corrected chi connectivity index (χ3v) is 6.78. The summed E-state index contributed by atoms with van der Waals surface area (Å²) in [6, 6.07) is 0.427. The van der Waals surface area contributed by atoms with Crippen molar-refractivity contribution >= 4 is 11.8 Å². The van der Waals surface area contributed by atoms with Gasteiger partial charge in [-0.1, -0.05) is 11.6 Å². The second-order valence-electron chi connectivity index (χ2n) is 8.77. The zero-order valence-electron chi connectivity index (χ0n) is 15.9. The Hall–Kier alpha value is -1.36. The van der Waals surface area contributed by atoms with E-state index in [4.69, 9.17) is 0 Å². The number of nitrogens with zero attached hydrogens (tertiary/aromatic N) is 2. The summed E-state index contributed by atoms with van der Waals surface area (Å²) in [6.07, 6.45) is 12.6. The molecule has 2 bridgehead atoms. The third kappa shape index (κ3) is 4.13. The number of fused-ring (bicyclic) bond motifs is 4. The molecule has 3 heterocycles. The summed E-state index contributed by atoms with van der Waals surface area (Å²) in [7, 11) is 0. The summed E-state index contributed by atoms with van der Waals surface area (Å²) in [6.45, 7) is 4.14. The summed E-state index contributed by atoms with van der Waals surface area (Å²) >= 11 is 0. The lowest BCUT2D eigenvalue weighted by Crippen LogP contribution is -2.61. The van der Waals surface area contributed by atoms with Gasteiger partial charge in [0.1, 0.15) is 0 Å². The number of carbonyl (C=O) groups is 2. The first-order valence-corrected chi connectivity index (χ1v) is 10.7. The molecule has 0 saturated carbocycles. The van der Waals surface area contributed by atoms with Gasteiger partial charge >= 0.3 is 0 Å². The Morgan fingerprint density at radius 2 is 2.08 bits per heavy atom.